The molecule has 1 unspecified atom stereocenters. The van der Waals surface area contributed by atoms with Gasteiger partial charge in [0.15, 0.2) is 0 Å². The molecule has 31 heavy (non-hydrogen) atoms. The van der Waals surface area contributed by atoms with Gasteiger partial charge in [0.2, 0.25) is 0 Å². The number of benzene rings is 2. The second kappa shape index (κ2) is 10.4. The number of halogens is 1. The second-order valence-electron chi connectivity index (χ2n) is 7.39. The molecule has 0 fully saturated rings. The summed E-state index contributed by atoms with van der Waals surface area (Å²) in [5, 5.41) is 8.85. The molecule has 8 heteroatoms. The summed E-state index contributed by atoms with van der Waals surface area (Å²) in [4.78, 5) is 31.5. The maximum atomic E-state index is 12.8. The molecule has 3 rings (SSSR count). The summed E-state index contributed by atoms with van der Waals surface area (Å²) in [7, 11) is 0. The molecule has 0 radical (unpaired) electrons. The molecule has 1 aromatic heterocycles. The predicted octanol–water partition coefficient (Wildman–Crippen LogP) is 5.73. The Kier molecular flexibility index (Phi) is 7.65. The topological polar surface area (TPSA) is 74.3 Å². The molecule has 0 aliphatic carbocycles. The van der Waals surface area contributed by atoms with Crippen molar-refractivity contribution < 1.29 is 9.59 Å². The molecule has 0 bridgehead atoms. The molecule has 0 aliphatic heterocycles. The van der Waals surface area contributed by atoms with Crippen LogP contribution in [0.3, 0.4) is 0 Å². The normalized spacial score (nSPS) is 11.8. The zero-order valence-corrected chi connectivity index (χ0v) is 19.2. The van der Waals surface area contributed by atoms with Crippen LogP contribution in [0.15, 0.2) is 60.0 Å². The van der Waals surface area contributed by atoms with Gasteiger partial charge in [-0.3, -0.25) is 4.79 Å². The molecule has 2 N–H and O–H groups in total. The first kappa shape index (κ1) is 22.8. The van der Waals surface area contributed by atoms with E-state index >= 15 is 0 Å². The standard InChI is InChI=1S/C23H25ClN4O2S/c1-15(2)28(23(30)26-19-11-9-18(24)10-12-19)13-21-27-20(14-31-21)22(29)25-16(3)17-7-5-4-6-8-17/h4-12,14-16H,13H2,1-3H3,(H,25,29)(H,26,30). The zero-order chi connectivity index (χ0) is 22.4. The van der Waals surface area contributed by atoms with Crippen molar-refractivity contribution in [2.75, 3.05) is 5.32 Å². The number of anilines is 1. The number of hydrogen-bond donors (Lipinski definition) is 2. The Morgan fingerprint density at radius 1 is 1.06 bits per heavy atom. The van der Waals surface area contributed by atoms with Crippen LogP contribution < -0.4 is 10.6 Å². The van der Waals surface area contributed by atoms with Gasteiger partial charge in [-0.1, -0.05) is 41.9 Å². The number of amides is 3. The zero-order valence-electron chi connectivity index (χ0n) is 17.6. The van der Waals surface area contributed by atoms with Gasteiger partial charge in [0.25, 0.3) is 5.91 Å². The van der Waals surface area contributed by atoms with Crippen molar-refractivity contribution in [2.45, 2.75) is 39.4 Å². The maximum Gasteiger partial charge on any atom is 0.322 e. The average Bonchev–Trinajstić information content (AvgIpc) is 3.23. The van der Waals surface area contributed by atoms with Crippen LogP contribution in [-0.2, 0) is 6.54 Å². The van der Waals surface area contributed by atoms with Crippen molar-refractivity contribution >= 4 is 40.6 Å². The van der Waals surface area contributed by atoms with Crippen LogP contribution in [0.4, 0.5) is 10.5 Å². The Hall–Kier alpha value is -2.90. The quantitative estimate of drug-likeness (QED) is 0.476. The van der Waals surface area contributed by atoms with Gasteiger partial charge in [-0.05, 0) is 50.6 Å². The van der Waals surface area contributed by atoms with E-state index in [2.05, 4.69) is 15.6 Å². The van der Waals surface area contributed by atoms with Gasteiger partial charge < -0.3 is 15.5 Å². The minimum atomic E-state index is -0.240. The third-order valence-corrected chi connectivity index (χ3v) is 5.80. The van der Waals surface area contributed by atoms with Crippen molar-refractivity contribution in [3.63, 3.8) is 0 Å². The van der Waals surface area contributed by atoms with Crippen molar-refractivity contribution in [3.8, 4) is 0 Å². The highest BCUT2D eigenvalue weighted by molar-refractivity contribution is 7.09. The van der Waals surface area contributed by atoms with Gasteiger partial charge in [-0.2, -0.15) is 0 Å². The van der Waals surface area contributed by atoms with E-state index in [1.54, 1.807) is 34.5 Å². The fraction of sp³-hybridized carbons (Fsp3) is 0.261. The Labute approximate surface area is 191 Å². The van der Waals surface area contributed by atoms with E-state index in [-0.39, 0.29) is 24.0 Å². The van der Waals surface area contributed by atoms with Crippen molar-refractivity contribution in [1.82, 2.24) is 15.2 Å². The van der Waals surface area contributed by atoms with Gasteiger partial charge in [0, 0.05) is 22.1 Å². The molecule has 0 saturated heterocycles. The molecule has 1 atom stereocenters. The van der Waals surface area contributed by atoms with E-state index in [1.165, 1.54) is 11.3 Å². The molecule has 0 aliphatic rings. The lowest BCUT2D eigenvalue weighted by Crippen LogP contribution is -2.39. The molecule has 6 nitrogen and oxygen atoms in total. The number of carbonyl (C=O) groups is 2. The molecular formula is C23H25ClN4O2S. The number of urea groups is 1. The van der Waals surface area contributed by atoms with Crippen molar-refractivity contribution in [1.29, 1.82) is 0 Å². The highest BCUT2D eigenvalue weighted by Gasteiger charge is 2.21. The number of hydrogen-bond acceptors (Lipinski definition) is 4. The first-order valence-electron chi connectivity index (χ1n) is 9.97. The third kappa shape index (κ3) is 6.29. The number of rotatable bonds is 7. The molecule has 0 spiro atoms. The first-order valence-corrected chi connectivity index (χ1v) is 11.2. The monoisotopic (exact) mass is 456 g/mol. The highest BCUT2D eigenvalue weighted by atomic mass is 35.5. The van der Waals surface area contributed by atoms with Crippen LogP contribution in [0.2, 0.25) is 5.02 Å². The van der Waals surface area contributed by atoms with Crippen molar-refractivity contribution in [3.05, 3.63) is 81.3 Å². The van der Waals surface area contributed by atoms with E-state index in [4.69, 9.17) is 11.6 Å². The van der Waals surface area contributed by atoms with Gasteiger partial charge >= 0.3 is 6.03 Å². The van der Waals surface area contributed by atoms with Crippen LogP contribution in [-0.4, -0.2) is 27.9 Å². The van der Waals surface area contributed by atoms with Gasteiger partial charge in [0.1, 0.15) is 10.7 Å². The Balaban J connectivity index is 1.63. The highest BCUT2D eigenvalue weighted by Crippen LogP contribution is 2.19. The van der Waals surface area contributed by atoms with Gasteiger partial charge in [0.05, 0.1) is 12.6 Å². The lowest BCUT2D eigenvalue weighted by Gasteiger charge is -2.26. The first-order chi connectivity index (χ1) is 14.8. The van der Waals surface area contributed by atoms with Crippen LogP contribution >= 0.6 is 22.9 Å². The Bertz CT molecular complexity index is 1020. The molecule has 162 valence electrons. The number of nitrogens with zero attached hydrogens (tertiary/aromatic N) is 2. The Morgan fingerprint density at radius 3 is 2.39 bits per heavy atom. The smallest absolute Gasteiger partial charge is 0.322 e. The van der Waals surface area contributed by atoms with E-state index < -0.39 is 0 Å². The fourth-order valence-corrected chi connectivity index (χ4v) is 3.84. The van der Waals surface area contributed by atoms with Crippen LogP contribution in [0.25, 0.3) is 0 Å². The number of thiazole rings is 1. The SMILES string of the molecule is CC(NC(=O)c1csc(CN(C(=O)Nc2ccc(Cl)cc2)C(C)C)n1)c1ccccc1. The average molecular weight is 457 g/mol. The molecule has 2 aromatic carbocycles. The van der Waals surface area contributed by atoms with Gasteiger partial charge in [-0.15, -0.1) is 11.3 Å². The van der Waals surface area contributed by atoms with E-state index in [0.717, 1.165) is 5.56 Å². The second-order valence-corrected chi connectivity index (χ2v) is 8.77. The summed E-state index contributed by atoms with van der Waals surface area (Å²) >= 11 is 7.26. The summed E-state index contributed by atoms with van der Waals surface area (Å²) < 4.78 is 0. The number of carbonyl (C=O) groups excluding carboxylic acids is 2. The van der Waals surface area contributed by atoms with E-state index in [9.17, 15) is 9.59 Å². The summed E-state index contributed by atoms with van der Waals surface area (Å²) in [6, 6.07) is 16.3. The number of aromatic nitrogens is 1. The molecule has 3 amide bonds. The predicted molar refractivity (Wildman–Crippen MR) is 126 cm³/mol. The molecule has 0 saturated carbocycles. The van der Waals surface area contributed by atoms with Gasteiger partial charge in [-0.25, -0.2) is 9.78 Å². The Morgan fingerprint density at radius 2 is 1.74 bits per heavy atom. The summed E-state index contributed by atoms with van der Waals surface area (Å²) in [5.74, 6) is -0.236. The third-order valence-electron chi connectivity index (χ3n) is 4.72. The lowest BCUT2D eigenvalue weighted by molar-refractivity contribution is 0.0935. The maximum absolute atomic E-state index is 12.8. The lowest BCUT2D eigenvalue weighted by atomic mass is 10.1. The van der Waals surface area contributed by atoms with E-state index in [0.29, 0.717) is 28.0 Å². The van der Waals surface area contributed by atoms with Crippen LogP contribution in [0, 0.1) is 0 Å². The fourth-order valence-electron chi connectivity index (χ4n) is 2.95. The summed E-state index contributed by atoms with van der Waals surface area (Å²) in [6.07, 6.45) is 0. The minimum Gasteiger partial charge on any atom is -0.344 e. The molecule has 3 aromatic rings. The van der Waals surface area contributed by atoms with E-state index in [1.807, 2.05) is 51.1 Å². The summed E-state index contributed by atoms with van der Waals surface area (Å²) in [6.45, 7) is 6.11. The summed E-state index contributed by atoms with van der Waals surface area (Å²) in [5.41, 5.74) is 2.04. The molecular weight excluding hydrogens is 432 g/mol. The molecule has 1 heterocycles. The van der Waals surface area contributed by atoms with Crippen LogP contribution in [0.1, 0.15) is 47.9 Å². The van der Waals surface area contributed by atoms with Crippen molar-refractivity contribution in [2.24, 2.45) is 0 Å². The largest absolute Gasteiger partial charge is 0.344 e. The minimum absolute atomic E-state index is 0.0495. The van der Waals surface area contributed by atoms with Crippen LogP contribution in [0.5, 0.6) is 0 Å². The number of nitrogens with one attached hydrogen (secondary N) is 2.